The minimum atomic E-state index is -0.463. The third kappa shape index (κ3) is 3.06. The molecule has 0 aliphatic carbocycles. The lowest BCUT2D eigenvalue weighted by Crippen LogP contribution is -2.52. The number of amides is 1. The zero-order chi connectivity index (χ0) is 16.5. The van der Waals surface area contributed by atoms with Crippen LogP contribution in [-0.2, 0) is 9.47 Å². The predicted molar refractivity (Wildman–Crippen MR) is 86.4 cm³/mol. The Labute approximate surface area is 141 Å². The zero-order valence-corrected chi connectivity index (χ0v) is 13.7. The van der Waals surface area contributed by atoms with Crippen molar-refractivity contribution < 1.29 is 18.7 Å². The molecule has 24 heavy (non-hydrogen) atoms. The maximum Gasteiger partial charge on any atom is 0.256 e. The lowest BCUT2D eigenvalue weighted by Gasteiger charge is -2.37. The van der Waals surface area contributed by atoms with Gasteiger partial charge in [0.2, 0.25) is 0 Å². The zero-order valence-electron chi connectivity index (χ0n) is 13.7. The van der Waals surface area contributed by atoms with Gasteiger partial charge in [0.1, 0.15) is 5.82 Å². The van der Waals surface area contributed by atoms with E-state index >= 15 is 0 Å². The van der Waals surface area contributed by atoms with E-state index in [4.69, 9.17) is 9.47 Å². The van der Waals surface area contributed by atoms with Crippen LogP contribution in [0.25, 0.3) is 0 Å². The molecule has 3 aliphatic rings. The monoisotopic (exact) mass is 334 g/mol. The van der Waals surface area contributed by atoms with Crippen molar-refractivity contribution in [3.05, 3.63) is 35.6 Å². The van der Waals surface area contributed by atoms with Crippen molar-refractivity contribution in [2.45, 2.75) is 31.1 Å². The number of hydrogen-bond acceptors (Lipinski definition) is 4. The summed E-state index contributed by atoms with van der Waals surface area (Å²) in [6.45, 7) is 4.40. The molecule has 1 aromatic carbocycles. The van der Waals surface area contributed by atoms with Crippen LogP contribution < -0.4 is 0 Å². The van der Waals surface area contributed by atoms with Crippen LogP contribution in [0.5, 0.6) is 0 Å². The summed E-state index contributed by atoms with van der Waals surface area (Å²) in [5.74, 6) is -0.710. The Balaban J connectivity index is 1.45. The summed E-state index contributed by atoms with van der Waals surface area (Å²) < 4.78 is 25.5. The SMILES string of the molecule is O=C(c1ccccc1F)N1C[C@@H]2OCCN(CC3CCCO3)[C@@H]2C1. The summed E-state index contributed by atoms with van der Waals surface area (Å²) in [5.41, 5.74) is 0.141. The first-order valence-corrected chi connectivity index (χ1v) is 8.73. The van der Waals surface area contributed by atoms with Crippen LogP contribution in [0.2, 0.25) is 0 Å². The number of halogens is 1. The minimum Gasteiger partial charge on any atom is -0.377 e. The first kappa shape index (κ1) is 16.0. The smallest absolute Gasteiger partial charge is 0.256 e. The highest BCUT2D eigenvalue weighted by Crippen LogP contribution is 2.26. The number of hydrogen-bond donors (Lipinski definition) is 0. The number of fused-ring (bicyclic) bond motifs is 1. The highest BCUT2D eigenvalue weighted by molar-refractivity contribution is 5.94. The van der Waals surface area contributed by atoms with Crippen molar-refractivity contribution in [1.82, 2.24) is 9.80 Å². The van der Waals surface area contributed by atoms with Gasteiger partial charge in [0.25, 0.3) is 5.91 Å². The van der Waals surface area contributed by atoms with E-state index in [1.54, 1.807) is 23.1 Å². The van der Waals surface area contributed by atoms with Crippen LogP contribution in [0, 0.1) is 5.82 Å². The second-order valence-electron chi connectivity index (χ2n) is 6.80. The molecule has 1 aromatic rings. The van der Waals surface area contributed by atoms with Crippen LogP contribution in [0.4, 0.5) is 4.39 Å². The third-order valence-electron chi connectivity index (χ3n) is 5.27. The highest BCUT2D eigenvalue weighted by atomic mass is 19.1. The second kappa shape index (κ2) is 6.78. The second-order valence-corrected chi connectivity index (χ2v) is 6.80. The van der Waals surface area contributed by atoms with Crippen molar-refractivity contribution >= 4 is 5.91 Å². The maximum atomic E-state index is 13.9. The van der Waals surface area contributed by atoms with Gasteiger partial charge in [-0.15, -0.1) is 0 Å². The molecule has 4 rings (SSSR count). The van der Waals surface area contributed by atoms with Gasteiger partial charge >= 0.3 is 0 Å². The van der Waals surface area contributed by atoms with E-state index in [2.05, 4.69) is 4.90 Å². The maximum absolute atomic E-state index is 13.9. The third-order valence-corrected chi connectivity index (χ3v) is 5.27. The van der Waals surface area contributed by atoms with Gasteiger partial charge in [-0.25, -0.2) is 4.39 Å². The number of rotatable bonds is 3. The van der Waals surface area contributed by atoms with E-state index < -0.39 is 5.82 Å². The van der Waals surface area contributed by atoms with E-state index in [9.17, 15) is 9.18 Å². The molecular formula is C18H23FN2O3. The fourth-order valence-corrected chi connectivity index (χ4v) is 4.01. The molecule has 3 atom stereocenters. The lowest BCUT2D eigenvalue weighted by atomic mass is 10.1. The molecule has 1 amide bonds. The summed E-state index contributed by atoms with van der Waals surface area (Å²) in [6, 6.07) is 6.35. The van der Waals surface area contributed by atoms with Crippen LogP contribution in [-0.4, -0.2) is 73.3 Å². The van der Waals surface area contributed by atoms with Crippen molar-refractivity contribution in [2.24, 2.45) is 0 Å². The Morgan fingerprint density at radius 1 is 1.21 bits per heavy atom. The fraction of sp³-hybridized carbons (Fsp3) is 0.611. The predicted octanol–water partition coefficient (Wildman–Crippen LogP) is 1.53. The van der Waals surface area contributed by atoms with E-state index in [1.165, 1.54) is 6.07 Å². The minimum absolute atomic E-state index is 0.0101. The molecule has 3 fully saturated rings. The van der Waals surface area contributed by atoms with Crippen LogP contribution in [0.3, 0.4) is 0 Å². The number of morpholine rings is 1. The number of benzene rings is 1. The number of nitrogens with zero attached hydrogens (tertiary/aromatic N) is 2. The Morgan fingerprint density at radius 3 is 2.88 bits per heavy atom. The van der Waals surface area contributed by atoms with E-state index in [0.29, 0.717) is 25.8 Å². The topological polar surface area (TPSA) is 42.0 Å². The molecule has 130 valence electrons. The summed E-state index contributed by atoms with van der Waals surface area (Å²) in [5, 5.41) is 0. The standard InChI is InChI=1S/C18H23FN2O3/c19-15-6-2-1-5-14(15)18(22)21-11-16-17(12-21)24-9-7-20(16)10-13-4-3-8-23-13/h1-2,5-6,13,16-17H,3-4,7-12H2/t13?,16-,17+/m1/s1. The number of ether oxygens (including phenoxy) is 2. The van der Waals surface area contributed by atoms with Gasteiger partial charge in [0.05, 0.1) is 30.4 Å². The molecular weight excluding hydrogens is 311 g/mol. The van der Waals surface area contributed by atoms with Gasteiger partial charge in [-0.2, -0.15) is 0 Å². The summed E-state index contributed by atoms with van der Waals surface area (Å²) in [7, 11) is 0. The molecule has 3 heterocycles. The average Bonchev–Trinajstić information content (AvgIpc) is 3.24. The van der Waals surface area contributed by atoms with Gasteiger partial charge in [0, 0.05) is 32.8 Å². The highest BCUT2D eigenvalue weighted by Gasteiger charge is 2.42. The summed E-state index contributed by atoms with van der Waals surface area (Å²) in [6.07, 6.45) is 2.53. The molecule has 3 saturated heterocycles. The van der Waals surface area contributed by atoms with Gasteiger partial charge in [0.15, 0.2) is 0 Å². The van der Waals surface area contributed by atoms with Gasteiger partial charge in [-0.3, -0.25) is 9.69 Å². The number of likely N-dealkylation sites (tertiary alicyclic amines) is 1. The van der Waals surface area contributed by atoms with Crippen LogP contribution >= 0.6 is 0 Å². The molecule has 0 spiro atoms. The van der Waals surface area contributed by atoms with E-state index in [0.717, 1.165) is 32.5 Å². The molecule has 0 bridgehead atoms. The largest absolute Gasteiger partial charge is 0.377 e. The Bertz CT molecular complexity index is 606. The molecule has 3 aliphatic heterocycles. The summed E-state index contributed by atoms with van der Waals surface area (Å²) >= 11 is 0. The molecule has 0 N–H and O–H groups in total. The first-order chi connectivity index (χ1) is 11.7. The molecule has 0 aromatic heterocycles. The number of carbonyl (C=O) groups excluding carboxylic acids is 1. The van der Waals surface area contributed by atoms with Crippen LogP contribution in [0.15, 0.2) is 24.3 Å². The van der Waals surface area contributed by atoms with Crippen molar-refractivity contribution in [1.29, 1.82) is 0 Å². The molecule has 1 unspecified atom stereocenters. The van der Waals surface area contributed by atoms with E-state index in [-0.39, 0.29) is 23.6 Å². The van der Waals surface area contributed by atoms with Crippen LogP contribution in [0.1, 0.15) is 23.2 Å². The first-order valence-electron chi connectivity index (χ1n) is 8.73. The van der Waals surface area contributed by atoms with Gasteiger partial charge in [-0.1, -0.05) is 12.1 Å². The van der Waals surface area contributed by atoms with Crippen molar-refractivity contribution in [3.63, 3.8) is 0 Å². The number of carbonyl (C=O) groups is 1. The molecule has 0 saturated carbocycles. The quantitative estimate of drug-likeness (QED) is 0.841. The van der Waals surface area contributed by atoms with Crippen molar-refractivity contribution in [3.8, 4) is 0 Å². The van der Waals surface area contributed by atoms with Gasteiger partial charge < -0.3 is 14.4 Å². The normalized spacial score (nSPS) is 30.5. The molecule has 0 radical (unpaired) electrons. The Hall–Kier alpha value is -1.50. The average molecular weight is 334 g/mol. The van der Waals surface area contributed by atoms with E-state index in [1.807, 2.05) is 0 Å². The van der Waals surface area contributed by atoms with Crippen molar-refractivity contribution in [2.75, 3.05) is 39.4 Å². The van der Waals surface area contributed by atoms with Gasteiger partial charge in [-0.05, 0) is 25.0 Å². The molecule has 6 heteroatoms. The summed E-state index contributed by atoms with van der Waals surface area (Å²) in [4.78, 5) is 16.8. The lowest BCUT2D eigenvalue weighted by molar-refractivity contribution is -0.0614. The fourth-order valence-electron chi connectivity index (χ4n) is 4.01. The Kier molecular flexibility index (Phi) is 4.52. The molecule has 5 nitrogen and oxygen atoms in total. The Morgan fingerprint density at radius 2 is 2.08 bits per heavy atom.